The molecule has 8 heteroatoms. The van der Waals surface area contributed by atoms with E-state index in [2.05, 4.69) is 4.74 Å². The molecule has 0 aliphatic heterocycles. The zero-order valence-corrected chi connectivity index (χ0v) is 10.0. The fraction of sp³-hybridized carbons (Fsp3) is 0.273. The fourth-order valence-corrected chi connectivity index (χ4v) is 1.06. The van der Waals surface area contributed by atoms with Crippen molar-refractivity contribution in [3.05, 3.63) is 29.8 Å². The third-order valence-corrected chi connectivity index (χ3v) is 1.83. The summed E-state index contributed by atoms with van der Waals surface area (Å²) in [6.45, 7) is 1.20. The highest BCUT2D eigenvalue weighted by Gasteiger charge is 2.09. The Balaban J connectivity index is 2.36. The summed E-state index contributed by atoms with van der Waals surface area (Å²) in [6, 6.07) is 2.67. The topological polar surface area (TPSA) is 76.7 Å². The van der Waals surface area contributed by atoms with Gasteiger partial charge in [-0.25, -0.2) is 19.0 Å². The third kappa shape index (κ3) is 5.19. The number of ether oxygens (including phenoxy) is 2. The maximum Gasteiger partial charge on any atom is 0.426 e. The van der Waals surface area contributed by atoms with E-state index in [-0.39, 0.29) is 12.4 Å². The Morgan fingerprint density at radius 3 is 2.63 bits per heavy atom. The summed E-state index contributed by atoms with van der Waals surface area (Å²) in [5, 5.41) is 0. The van der Waals surface area contributed by atoms with Crippen LogP contribution in [0.2, 0.25) is 0 Å². The average Bonchev–Trinajstić information content (AvgIpc) is 2.35. The molecule has 104 valence electrons. The molecule has 0 heterocycles. The lowest BCUT2D eigenvalue weighted by atomic mass is 10.3. The van der Waals surface area contributed by atoms with Crippen molar-refractivity contribution in [2.45, 2.75) is 6.92 Å². The predicted molar refractivity (Wildman–Crippen MR) is 60.2 cm³/mol. The molecular formula is C11H12F2N2O4. The number of carbonyl (C=O) groups is 2. The Morgan fingerprint density at radius 1 is 1.26 bits per heavy atom. The normalized spacial score (nSPS) is 9.63. The minimum atomic E-state index is -0.925. The maximum absolute atomic E-state index is 13.1. The molecule has 1 rings (SSSR count). The van der Waals surface area contributed by atoms with Gasteiger partial charge < -0.3 is 9.47 Å². The third-order valence-electron chi connectivity index (χ3n) is 1.83. The molecule has 0 aliphatic rings. The van der Waals surface area contributed by atoms with Crippen LogP contribution in [0.15, 0.2) is 18.2 Å². The van der Waals surface area contributed by atoms with Gasteiger partial charge in [-0.1, -0.05) is 0 Å². The van der Waals surface area contributed by atoms with Crippen LogP contribution < -0.4 is 15.6 Å². The Bertz CT molecular complexity index is 468. The van der Waals surface area contributed by atoms with Crippen molar-refractivity contribution in [3.8, 4) is 5.75 Å². The number of halogens is 2. The first-order valence-corrected chi connectivity index (χ1v) is 5.32. The summed E-state index contributed by atoms with van der Waals surface area (Å²) < 4.78 is 35.0. The van der Waals surface area contributed by atoms with Crippen LogP contribution in [0, 0.1) is 11.6 Å². The van der Waals surface area contributed by atoms with Crippen LogP contribution in [-0.4, -0.2) is 25.2 Å². The summed E-state index contributed by atoms with van der Waals surface area (Å²) in [5.41, 5.74) is 3.93. The highest BCUT2D eigenvalue weighted by atomic mass is 19.1. The lowest BCUT2D eigenvalue weighted by molar-refractivity contribution is -0.124. The average molecular weight is 274 g/mol. The molecule has 0 aromatic heterocycles. The number of benzene rings is 1. The minimum absolute atomic E-state index is 0.152. The van der Waals surface area contributed by atoms with E-state index in [0.29, 0.717) is 6.07 Å². The first kappa shape index (κ1) is 14.7. The Morgan fingerprint density at radius 2 is 2.00 bits per heavy atom. The highest BCUT2D eigenvalue weighted by Crippen LogP contribution is 2.17. The van der Waals surface area contributed by atoms with Crippen LogP contribution >= 0.6 is 0 Å². The summed E-state index contributed by atoms with van der Waals surface area (Å²) >= 11 is 0. The number of nitrogens with one attached hydrogen (secondary N) is 2. The number of amides is 2. The largest absolute Gasteiger partial charge is 0.481 e. The van der Waals surface area contributed by atoms with Crippen molar-refractivity contribution in [1.82, 2.24) is 10.9 Å². The van der Waals surface area contributed by atoms with E-state index in [1.165, 1.54) is 0 Å². The van der Waals surface area contributed by atoms with Gasteiger partial charge in [0.05, 0.1) is 6.61 Å². The number of hydrogen-bond acceptors (Lipinski definition) is 4. The molecule has 2 N–H and O–H groups in total. The minimum Gasteiger partial charge on any atom is -0.481 e. The Hall–Kier alpha value is -2.38. The molecule has 0 spiro atoms. The van der Waals surface area contributed by atoms with Gasteiger partial charge in [0.1, 0.15) is 5.82 Å². The fourth-order valence-electron chi connectivity index (χ4n) is 1.06. The molecule has 0 fully saturated rings. The van der Waals surface area contributed by atoms with Crippen molar-refractivity contribution >= 4 is 12.0 Å². The Kier molecular flexibility index (Phi) is 5.52. The lowest BCUT2D eigenvalue weighted by Gasteiger charge is -2.09. The van der Waals surface area contributed by atoms with Crippen LogP contribution in [0.4, 0.5) is 13.6 Å². The zero-order chi connectivity index (χ0) is 14.3. The van der Waals surface area contributed by atoms with Gasteiger partial charge in [-0.05, 0) is 19.1 Å². The second-order valence-electron chi connectivity index (χ2n) is 3.26. The molecule has 0 saturated carbocycles. The standard InChI is InChI=1S/C11H12F2N2O4/c1-2-18-11(17)15-14-10(16)6-19-9-4-3-7(12)5-8(9)13/h3-5H,2,6H2,1H3,(H,14,16)(H,15,17). The molecule has 0 atom stereocenters. The quantitative estimate of drug-likeness (QED) is 0.807. The van der Waals surface area contributed by atoms with Gasteiger partial charge >= 0.3 is 6.09 Å². The van der Waals surface area contributed by atoms with Gasteiger partial charge in [0.15, 0.2) is 18.2 Å². The van der Waals surface area contributed by atoms with Crippen LogP contribution in [0.5, 0.6) is 5.75 Å². The van der Waals surface area contributed by atoms with E-state index in [0.717, 1.165) is 12.1 Å². The molecule has 6 nitrogen and oxygen atoms in total. The van der Waals surface area contributed by atoms with Crippen LogP contribution in [0.3, 0.4) is 0 Å². The summed E-state index contributed by atoms with van der Waals surface area (Å²) in [6.07, 6.45) is -0.830. The van der Waals surface area contributed by atoms with Gasteiger partial charge in [-0.15, -0.1) is 0 Å². The maximum atomic E-state index is 13.1. The number of carbonyl (C=O) groups excluding carboxylic acids is 2. The van der Waals surface area contributed by atoms with Crippen molar-refractivity contribution in [3.63, 3.8) is 0 Å². The molecule has 1 aromatic rings. The summed E-state index contributed by atoms with van der Waals surface area (Å²) in [4.78, 5) is 22.0. The predicted octanol–water partition coefficient (Wildman–Crippen LogP) is 1.12. The van der Waals surface area contributed by atoms with E-state index in [9.17, 15) is 18.4 Å². The van der Waals surface area contributed by atoms with E-state index >= 15 is 0 Å². The second-order valence-corrected chi connectivity index (χ2v) is 3.26. The summed E-state index contributed by atoms with van der Waals surface area (Å²) in [5.74, 6) is -2.67. The van der Waals surface area contributed by atoms with Gasteiger partial charge in [0, 0.05) is 6.07 Å². The Labute approximate surface area is 107 Å². The number of rotatable bonds is 4. The van der Waals surface area contributed by atoms with E-state index in [1.54, 1.807) is 6.92 Å². The van der Waals surface area contributed by atoms with Crippen LogP contribution in [0.25, 0.3) is 0 Å². The van der Waals surface area contributed by atoms with Crippen LogP contribution in [-0.2, 0) is 9.53 Å². The molecule has 0 bridgehead atoms. The van der Waals surface area contributed by atoms with Gasteiger partial charge in [-0.3, -0.25) is 10.2 Å². The molecule has 0 aliphatic carbocycles. The first-order valence-electron chi connectivity index (χ1n) is 5.32. The highest BCUT2D eigenvalue weighted by molar-refractivity contribution is 5.80. The van der Waals surface area contributed by atoms with Crippen molar-refractivity contribution in [1.29, 1.82) is 0 Å². The van der Waals surface area contributed by atoms with Crippen LogP contribution in [0.1, 0.15) is 6.92 Å². The molecule has 19 heavy (non-hydrogen) atoms. The molecule has 2 amide bonds. The van der Waals surface area contributed by atoms with Crippen molar-refractivity contribution in [2.24, 2.45) is 0 Å². The van der Waals surface area contributed by atoms with E-state index in [1.807, 2.05) is 10.9 Å². The van der Waals surface area contributed by atoms with Crippen molar-refractivity contribution < 1.29 is 27.8 Å². The molecule has 0 radical (unpaired) electrons. The lowest BCUT2D eigenvalue weighted by Crippen LogP contribution is -2.44. The first-order chi connectivity index (χ1) is 9.02. The monoisotopic (exact) mass is 274 g/mol. The SMILES string of the molecule is CCOC(=O)NNC(=O)COc1ccc(F)cc1F. The zero-order valence-electron chi connectivity index (χ0n) is 10.0. The molecular weight excluding hydrogens is 262 g/mol. The molecule has 0 unspecified atom stereocenters. The second kappa shape index (κ2) is 7.14. The van der Waals surface area contributed by atoms with Gasteiger partial charge in [-0.2, -0.15) is 0 Å². The van der Waals surface area contributed by atoms with E-state index < -0.39 is 30.2 Å². The number of hydrogen-bond donors (Lipinski definition) is 2. The van der Waals surface area contributed by atoms with Gasteiger partial charge in [0.2, 0.25) is 0 Å². The summed E-state index contributed by atoms with van der Waals surface area (Å²) in [7, 11) is 0. The number of hydrazine groups is 1. The molecule has 1 aromatic carbocycles. The molecule has 0 saturated heterocycles. The van der Waals surface area contributed by atoms with E-state index in [4.69, 9.17) is 4.74 Å². The smallest absolute Gasteiger partial charge is 0.426 e. The van der Waals surface area contributed by atoms with Gasteiger partial charge in [0.25, 0.3) is 5.91 Å². The van der Waals surface area contributed by atoms with Crippen molar-refractivity contribution in [2.75, 3.05) is 13.2 Å².